The van der Waals surface area contributed by atoms with E-state index in [0.29, 0.717) is 5.90 Å². The van der Waals surface area contributed by atoms with Gasteiger partial charge >= 0.3 is 0 Å². The van der Waals surface area contributed by atoms with Crippen LogP contribution in [0.5, 0.6) is 0 Å². The number of hydrogen-bond donors (Lipinski definition) is 0. The molecule has 0 aliphatic carbocycles. The van der Waals surface area contributed by atoms with Gasteiger partial charge in [0.2, 0.25) is 5.90 Å². The van der Waals surface area contributed by atoms with Gasteiger partial charge in [0.05, 0.1) is 18.9 Å². The number of azide groups is 1. The van der Waals surface area contributed by atoms with Gasteiger partial charge in [0.1, 0.15) is 12.1 Å². The highest BCUT2D eigenvalue weighted by molar-refractivity contribution is 7.86. The van der Waals surface area contributed by atoms with Gasteiger partial charge in [-0.2, -0.15) is 8.42 Å². The Morgan fingerprint density at radius 2 is 2.08 bits per heavy atom. The van der Waals surface area contributed by atoms with Crippen molar-refractivity contribution in [2.24, 2.45) is 10.1 Å². The zero-order valence-corrected chi connectivity index (χ0v) is 14.9. The van der Waals surface area contributed by atoms with E-state index in [0.717, 1.165) is 11.8 Å². The Hall–Kier alpha value is -2.17. The minimum absolute atomic E-state index is 0.135. The summed E-state index contributed by atoms with van der Waals surface area (Å²) < 4.78 is 45.6. The molecule has 0 radical (unpaired) electrons. The van der Waals surface area contributed by atoms with Crippen LogP contribution >= 0.6 is 0 Å². The molecule has 0 N–H and O–H groups in total. The van der Waals surface area contributed by atoms with Crippen molar-refractivity contribution in [2.45, 2.75) is 30.6 Å². The number of ether oxygens (including phenoxy) is 3. The molecule has 1 fully saturated rings. The lowest BCUT2D eigenvalue weighted by Crippen LogP contribution is -2.58. The summed E-state index contributed by atoms with van der Waals surface area (Å²) >= 11 is 0. The number of aliphatic imine (C=N–C) groups is 1. The zero-order chi connectivity index (χ0) is 18.7. The Morgan fingerprint density at radius 3 is 2.69 bits per heavy atom. The lowest BCUT2D eigenvalue weighted by Gasteiger charge is -2.40. The molecule has 1 saturated heterocycles. The average Bonchev–Trinajstić information content (AvgIpc) is 3.06. The van der Waals surface area contributed by atoms with E-state index in [9.17, 15) is 8.42 Å². The zero-order valence-electron chi connectivity index (χ0n) is 14.1. The van der Waals surface area contributed by atoms with Crippen LogP contribution in [0, 0.1) is 0 Å². The second-order valence-electron chi connectivity index (χ2n) is 5.83. The monoisotopic (exact) mass is 382 g/mol. The molecule has 3 rings (SSSR count). The van der Waals surface area contributed by atoms with E-state index < -0.39 is 40.8 Å². The molecular formula is C15H18N4O6S. The van der Waals surface area contributed by atoms with E-state index in [1.54, 1.807) is 0 Å². The van der Waals surface area contributed by atoms with Crippen LogP contribution in [0.15, 0.2) is 40.4 Å². The molecule has 5 atom stereocenters. The van der Waals surface area contributed by atoms with Gasteiger partial charge in [-0.3, -0.25) is 4.18 Å². The van der Waals surface area contributed by atoms with Crippen LogP contribution in [0.3, 0.4) is 0 Å². The van der Waals surface area contributed by atoms with Gasteiger partial charge in [-0.15, -0.1) is 0 Å². The van der Waals surface area contributed by atoms with Crippen LogP contribution < -0.4 is 0 Å². The third-order valence-corrected chi connectivity index (χ3v) is 4.56. The summed E-state index contributed by atoms with van der Waals surface area (Å²) in [5.74, 6) is 0.345. The normalized spacial score (nSPS) is 30.7. The molecule has 1 aromatic carbocycles. The summed E-state index contributed by atoms with van der Waals surface area (Å²) in [6, 6.07) is 8.55. The minimum atomic E-state index is -3.81. The molecule has 140 valence electrons. The highest BCUT2D eigenvalue weighted by Crippen LogP contribution is 2.34. The van der Waals surface area contributed by atoms with Crippen LogP contribution in [-0.2, 0) is 28.5 Å². The molecule has 10 nitrogen and oxygen atoms in total. The number of rotatable bonds is 6. The van der Waals surface area contributed by atoms with E-state index in [1.165, 1.54) is 7.11 Å². The molecule has 0 bridgehead atoms. The first-order valence-corrected chi connectivity index (χ1v) is 9.62. The quantitative estimate of drug-likeness (QED) is 0.314. The molecule has 0 saturated carbocycles. The molecule has 2 heterocycles. The average molecular weight is 382 g/mol. The maximum Gasteiger partial charge on any atom is 0.264 e. The van der Waals surface area contributed by atoms with Crippen LogP contribution in [0.4, 0.5) is 0 Å². The lowest BCUT2D eigenvalue weighted by molar-refractivity contribution is -0.234. The van der Waals surface area contributed by atoms with Crippen molar-refractivity contribution in [3.8, 4) is 0 Å². The molecule has 11 heteroatoms. The molecule has 2 aliphatic rings. The molecule has 2 aliphatic heterocycles. The van der Waals surface area contributed by atoms with E-state index in [-0.39, 0.29) is 6.54 Å². The van der Waals surface area contributed by atoms with Crippen molar-refractivity contribution < 1.29 is 26.8 Å². The second-order valence-corrected chi connectivity index (χ2v) is 7.43. The second kappa shape index (κ2) is 7.60. The van der Waals surface area contributed by atoms with Crippen molar-refractivity contribution in [2.75, 3.05) is 19.9 Å². The van der Waals surface area contributed by atoms with Gasteiger partial charge in [-0.1, -0.05) is 23.3 Å². The number of hydrogen-bond acceptors (Lipinski definition) is 8. The first kappa shape index (κ1) is 18.6. The third-order valence-electron chi connectivity index (χ3n) is 3.99. The summed E-state index contributed by atoms with van der Waals surface area (Å²) in [6.45, 7) is -0.135. The first-order valence-electron chi connectivity index (χ1n) is 7.80. The molecule has 0 unspecified atom stereocenters. The molecular weight excluding hydrogens is 364 g/mol. The van der Waals surface area contributed by atoms with Crippen LogP contribution in [0.25, 0.3) is 10.4 Å². The van der Waals surface area contributed by atoms with Gasteiger partial charge in [0, 0.05) is 17.6 Å². The van der Waals surface area contributed by atoms with Crippen molar-refractivity contribution in [3.05, 3.63) is 46.3 Å². The Labute approximate surface area is 150 Å². The van der Waals surface area contributed by atoms with Gasteiger partial charge in [-0.05, 0) is 17.7 Å². The predicted octanol–water partition coefficient (Wildman–Crippen LogP) is 1.23. The number of benzene rings is 1. The Balaban J connectivity index is 1.93. The molecule has 0 aromatic heterocycles. The highest BCUT2D eigenvalue weighted by Gasteiger charge is 2.53. The Morgan fingerprint density at radius 1 is 1.35 bits per heavy atom. The lowest BCUT2D eigenvalue weighted by atomic mass is 9.97. The molecule has 0 amide bonds. The largest absolute Gasteiger partial charge is 0.469 e. The molecule has 1 aromatic rings. The first-order chi connectivity index (χ1) is 12.4. The predicted molar refractivity (Wildman–Crippen MR) is 91.0 cm³/mol. The van der Waals surface area contributed by atoms with E-state index in [2.05, 4.69) is 15.0 Å². The van der Waals surface area contributed by atoms with Gasteiger partial charge < -0.3 is 14.2 Å². The van der Waals surface area contributed by atoms with E-state index >= 15 is 0 Å². The van der Waals surface area contributed by atoms with Crippen molar-refractivity contribution in [3.63, 3.8) is 0 Å². The number of nitrogens with zero attached hydrogens (tertiary/aromatic N) is 4. The fourth-order valence-corrected chi connectivity index (χ4v) is 3.59. The summed E-state index contributed by atoms with van der Waals surface area (Å²) in [7, 11) is -2.37. The van der Waals surface area contributed by atoms with Crippen molar-refractivity contribution >= 4 is 16.0 Å². The molecule has 0 spiro atoms. The number of fused-ring (bicyclic) bond motifs is 1. The standard InChI is InChI=1S/C15H18N4O6S/c1-22-15-11-13(24-14(18-11)9-6-4-3-5-7-9)12(25-26(2,20)21)10(23-15)8-17-19-16/h3-7,10-13,15H,8H2,1-2H3/t10-,11+,12+,13-,15+/m1/s1. The van der Waals surface area contributed by atoms with Crippen molar-refractivity contribution in [1.29, 1.82) is 0 Å². The van der Waals surface area contributed by atoms with Crippen LogP contribution in [0.2, 0.25) is 0 Å². The maximum absolute atomic E-state index is 11.7. The summed E-state index contributed by atoms with van der Waals surface area (Å²) in [4.78, 5) is 7.18. The Kier molecular flexibility index (Phi) is 5.44. The molecule has 26 heavy (non-hydrogen) atoms. The SMILES string of the molecule is CO[C@H]1O[C@H](CN=[N+]=[N-])[C@H](OS(C)(=O)=O)[C@@H]2OC(c3ccccc3)=N[C@H]12. The highest BCUT2D eigenvalue weighted by atomic mass is 32.2. The minimum Gasteiger partial charge on any atom is -0.469 e. The van der Waals surface area contributed by atoms with Crippen LogP contribution in [-0.4, -0.2) is 64.9 Å². The maximum atomic E-state index is 11.7. The summed E-state index contributed by atoms with van der Waals surface area (Å²) in [5, 5.41) is 3.47. The third kappa shape index (κ3) is 3.97. The van der Waals surface area contributed by atoms with Gasteiger partial charge in [-0.25, -0.2) is 4.99 Å². The van der Waals surface area contributed by atoms with Crippen molar-refractivity contribution in [1.82, 2.24) is 0 Å². The smallest absolute Gasteiger partial charge is 0.264 e. The fraction of sp³-hybridized carbons (Fsp3) is 0.533. The van der Waals surface area contributed by atoms with Crippen LogP contribution in [0.1, 0.15) is 5.56 Å². The fourth-order valence-electron chi connectivity index (χ4n) is 2.96. The number of methoxy groups -OCH3 is 1. The Bertz CT molecular complexity index is 824. The summed E-state index contributed by atoms with van der Waals surface area (Å²) in [6.07, 6.45) is -2.52. The van der Waals surface area contributed by atoms with E-state index in [4.69, 9.17) is 23.9 Å². The van der Waals surface area contributed by atoms with Gasteiger partial charge in [0.25, 0.3) is 10.1 Å². The van der Waals surface area contributed by atoms with Gasteiger partial charge in [0.15, 0.2) is 12.4 Å². The topological polar surface area (TPSA) is 132 Å². The summed E-state index contributed by atoms with van der Waals surface area (Å²) in [5.41, 5.74) is 9.31. The van der Waals surface area contributed by atoms with E-state index in [1.807, 2.05) is 30.3 Å².